The van der Waals surface area contributed by atoms with E-state index in [9.17, 15) is 4.79 Å². The molecule has 0 saturated heterocycles. The first-order valence-electron chi connectivity index (χ1n) is 5.53. The van der Waals surface area contributed by atoms with Crippen molar-refractivity contribution in [3.05, 3.63) is 15.5 Å². The van der Waals surface area contributed by atoms with E-state index in [4.69, 9.17) is 11.6 Å². The second-order valence-electron chi connectivity index (χ2n) is 4.45. The van der Waals surface area contributed by atoms with E-state index in [-0.39, 0.29) is 5.91 Å². The summed E-state index contributed by atoms with van der Waals surface area (Å²) in [5, 5.41) is 2.89. The number of hydrogen-bond acceptors (Lipinski definition) is 4. The van der Waals surface area contributed by atoms with Gasteiger partial charge in [0.05, 0.1) is 6.54 Å². The molecule has 0 aliphatic carbocycles. The number of nitrogens with zero attached hydrogens (tertiary/aromatic N) is 2. The van der Waals surface area contributed by atoms with E-state index in [2.05, 4.69) is 24.1 Å². The Balaban J connectivity index is 2.29. The molecule has 1 amide bonds. The number of hydrogen-bond donors (Lipinski definition) is 1. The average Bonchev–Trinajstić information content (AvgIpc) is 2.60. The van der Waals surface area contributed by atoms with Crippen LogP contribution in [0.5, 0.6) is 0 Å². The minimum atomic E-state index is 0.0526. The molecule has 96 valence electrons. The lowest BCUT2D eigenvalue weighted by molar-refractivity contribution is -0.122. The third-order valence-corrected chi connectivity index (χ3v) is 3.17. The van der Waals surface area contributed by atoms with Gasteiger partial charge in [0.25, 0.3) is 0 Å². The van der Waals surface area contributed by atoms with Crippen LogP contribution < -0.4 is 5.32 Å². The normalized spacial score (nSPS) is 11.2. The third-order valence-electron chi connectivity index (χ3n) is 2.07. The molecule has 0 spiro atoms. The van der Waals surface area contributed by atoms with Gasteiger partial charge in [-0.05, 0) is 13.0 Å². The van der Waals surface area contributed by atoms with E-state index in [0.717, 1.165) is 11.4 Å². The van der Waals surface area contributed by atoms with Crippen molar-refractivity contribution >= 4 is 28.8 Å². The van der Waals surface area contributed by atoms with Gasteiger partial charge in [0.15, 0.2) is 4.47 Å². The largest absolute Gasteiger partial charge is 0.355 e. The fourth-order valence-corrected chi connectivity index (χ4v) is 2.36. The van der Waals surface area contributed by atoms with E-state index in [0.29, 0.717) is 23.5 Å². The van der Waals surface area contributed by atoms with Crippen LogP contribution in [0.2, 0.25) is 4.47 Å². The molecular formula is C11H18ClN3OS. The Bertz CT molecular complexity index is 367. The molecule has 4 nitrogen and oxygen atoms in total. The Kier molecular flexibility index (Phi) is 5.88. The Morgan fingerprint density at radius 2 is 2.35 bits per heavy atom. The zero-order valence-corrected chi connectivity index (χ0v) is 11.9. The van der Waals surface area contributed by atoms with Gasteiger partial charge in [-0.25, -0.2) is 4.98 Å². The SMILES string of the molecule is CC(C)CNC(=O)CN(C)Cc1cnc(Cl)s1. The summed E-state index contributed by atoms with van der Waals surface area (Å²) in [5.41, 5.74) is 0. The third kappa shape index (κ3) is 6.00. The fraction of sp³-hybridized carbons (Fsp3) is 0.636. The van der Waals surface area contributed by atoms with Crippen molar-refractivity contribution in [2.45, 2.75) is 20.4 Å². The van der Waals surface area contributed by atoms with Crippen molar-refractivity contribution in [2.24, 2.45) is 5.92 Å². The highest BCUT2D eigenvalue weighted by atomic mass is 35.5. The summed E-state index contributed by atoms with van der Waals surface area (Å²) in [7, 11) is 1.91. The Morgan fingerprint density at radius 3 is 2.88 bits per heavy atom. The van der Waals surface area contributed by atoms with Gasteiger partial charge in [-0.2, -0.15) is 0 Å². The highest BCUT2D eigenvalue weighted by Crippen LogP contribution is 2.18. The smallest absolute Gasteiger partial charge is 0.234 e. The maximum absolute atomic E-state index is 11.6. The van der Waals surface area contributed by atoms with Gasteiger partial charge >= 0.3 is 0 Å². The van der Waals surface area contributed by atoms with Gasteiger partial charge < -0.3 is 5.32 Å². The van der Waals surface area contributed by atoms with E-state index < -0.39 is 0 Å². The number of thiazole rings is 1. The van der Waals surface area contributed by atoms with Crippen molar-refractivity contribution < 1.29 is 4.79 Å². The minimum absolute atomic E-state index is 0.0526. The summed E-state index contributed by atoms with van der Waals surface area (Å²) >= 11 is 7.19. The molecule has 17 heavy (non-hydrogen) atoms. The van der Waals surface area contributed by atoms with Gasteiger partial charge in [0.1, 0.15) is 0 Å². The molecule has 0 aromatic carbocycles. The average molecular weight is 276 g/mol. The van der Waals surface area contributed by atoms with Crippen molar-refractivity contribution in [2.75, 3.05) is 20.1 Å². The molecule has 6 heteroatoms. The molecule has 1 rings (SSSR count). The first-order valence-corrected chi connectivity index (χ1v) is 6.72. The first kappa shape index (κ1) is 14.4. The topological polar surface area (TPSA) is 45.2 Å². The molecule has 1 heterocycles. The van der Waals surface area contributed by atoms with Crippen molar-refractivity contribution in [3.63, 3.8) is 0 Å². The maximum atomic E-state index is 11.6. The van der Waals surface area contributed by atoms with Crippen LogP contribution in [0.4, 0.5) is 0 Å². The number of carbonyl (C=O) groups excluding carboxylic acids is 1. The minimum Gasteiger partial charge on any atom is -0.355 e. The molecule has 1 aromatic rings. The highest BCUT2D eigenvalue weighted by Gasteiger charge is 2.09. The van der Waals surface area contributed by atoms with Crippen molar-refractivity contribution in [1.29, 1.82) is 0 Å². The Morgan fingerprint density at radius 1 is 1.65 bits per heavy atom. The standard InChI is InChI=1S/C11H18ClN3OS/c1-8(2)4-13-10(16)7-15(3)6-9-5-14-11(12)17-9/h5,8H,4,6-7H2,1-3H3,(H,13,16). The monoisotopic (exact) mass is 275 g/mol. The number of halogens is 1. The van der Waals surface area contributed by atoms with Crippen LogP contribution in [0.15, 0.2) is 6.20 Å². The molecule has 0 radical (unpaired) electrons. The predicted molar refractivity (Wildman–Crippen MR) is 71.3 cm³/mol. The van der Waals surface area contributed by atoms with Crippen molar-refractivity contribution in [1.82, 2.24) is 15.2 Å². The Labute approximate surface area is 111 Å². The molecule has 1 aromatic heterocycles. The number of likely N-dealkylation sites (N-methyl/N-ethyl adjacent to an activating group) is 1. The van der Waals surface area contributed by atoms with Crippen LogP contribution in [0.1, 0.15) is 18.7 Å². The van der Waals surface area contributed by atoms with E-state index in [1.54, 1.807) is 6.20 Å². The summed E-state index contributed by atoms with van der Waals surface area (Å²) < 4.78 is 0.539. The van der Waals surface area contributed by atoms with Crippen LogP contribution in [-0.2, 0) is 11.3 Å². The molecule has 0 saturated carbocycles. The molecule has 0 aliphatic heterocycles. The van der Waals surface area contributed by atoms with Gasteiger partial charge in [0, 0.05) is 24.2 Å². The second-order valence-corrected chi connectivity index (χ2v) is 6.15. The van der Waals surface area contributed by atoms with Crippen molar-refractivity contribution in [3.8, 4) is 0 Å². The van der Waals surface area contributed by atoms with Gasteiger partial charge in [-0.1, -0.05) is 25.4 Å². The summed E-state index contributed by atoms with van der Waals surface area (Å²) in [5.74, 6) is 0.529. The van der Waals surface area contributed by atoms with Crippen LogP contribution in [-0.4, -0.2) is 35.9 Å². The van der Waals surface area contributed by atoms with Gasteiger partial charge in [-0.3, -0.25) is 9.69 Å². The number of carbonyl (C=O) groups is 1. The molecule has 0 fully saturated rings. The maximum Gasteiger partial charge on any atom is 0.234 e. The molecular weight excluding hydrogens is 258 g/mol. The van der Waals surface area contributed by atoms with E-state index in [1.165, 1.54) is 11.3 Å². The number of rotatable bonds is 6. The van der Waals surface area contributed by atoms with Gasteiger partial charge in [0.2, 0.25) is 5.91 Å². The molecule has 1 N–H and O–H groups in total. The number of amides is 1. The second kappa shape index (κ2) is 6.93. The quantitative estimate of drug-likeness (QED) is 0.864. The Hall–Kier alpha value is -0.650. The van der Waals surface area contributed by atoms with E-state index >= 15 is 0 Å². The number of aromatic nitrogens is 1. The lowest BCUT2D eigenvalue weighted by Crippen LogP contribution is -2.36. The zero-order chi connectivity index (χ0) is 12.8. The molecule has 0 aliphatic rings. The molecule has 0 bridgehead atoms. The first-order chi connectivity index (χ1) is 7.97. The fourth-order valence-electron chi connectivity index (χ4n) is 1.30. The predicted octanol–water partition coefficient (Wildman–Crippen LogP) is 2.00. The summed E-state index contributed by atoms with van der Waals surface area (Å²) in [6, 6.07) is 0. The van der Waals surface area contributed by atoms with Gasteiger partial charge in [-0.15, -0.1) is 11.3 Å². The highest BCUT2D eigenvalue weighted by molar-refractivity contribution is 7.15. The molecule has 0 unspecified atom stereocenters. The number of nitrogens with one attached hydrogen (secondary N) is 1. The molecule has 0 atom stereocenters. The van der Waals surface area contributed by atoms with Crippen LogP contribution in [0.3, 0.4) is 0 Å². The summed E-state index contributed by atoms with van der Waals surface area (Å²) in [4.78, 5) is 18.5. The van der Waals surface area contributed by atoms with Crippen LogP contribution in [0.25, 0.3) is 0 Å². The van der Waals surface area contributed by atoms with E-state index in [1.807, 2.05) is 11.9 Å². The zero-order valence-electron chi connectivity index (χ0n) is 10.4. The lowest BCUT2D eigenvalue weighted by atomic mass is 10.2. The van der Waals surface area contributed by atoms with Crippen LogP contribution >= 0.6 is 22.9 Å². The van der Waals surface area contributed by atoms with Crippen LogP contribution in [0, 0.1) is 5.92 Å². The lowest BCUT2D eigenvalue weighted by Gasteiger charge is -2.15. The summed E-state index contributed by atoms with van der Waals surface area (Å²) in [6.45, 7) is 5.95. The summed E-state index contributed by atoms with van der Waals surface area (Å²) in [6.07, 6.45) is 1.75.